The number of carbonyl (C=O) groups is 1. The Morgan fingerprint density at radius 1 is 1.52 bits per heavy atom. The summed E-state index contributed by atoms with van der Waals surface area (Å²) in [7, 11) is 1.33. The van der Waals surface area contributed by atoms with E-state index in [0.29, 0.717) is 22.0 Å². The zero-order chi connectivity index (χ0) is 15.4. The number of hydrogen-bond donors (Lipinski definition) is 2. The first kappa shape index (κ1) is 15.7. The molecule has 0 bridgehead atoms. The molecular formula is C15H17ClN2O2S. The number of ether oxygens (including phenoxy) is 1. The van der Waals surface area contributed by atoms with Gasteiger partial charge in [0.2, 0.25) is 0 Å². The van der Waals surface area contributed by atoms with Crippen LogP contribution in [0.4, 0.5) is 11.4 Å². The molecule has 1 aromatic heterocycles. The van der Waals surface area contributed by atoms with Gasteiger partial charge in [-0.15, -0.1) is 11.3 Å². The van der Waals surface area contributed by atoms with Gasteiger partial charge in [0.1, 0.15) is 0 Å². The third-order valence-corrected chi connectivity index (χ3v) is 4.19. The molecular weight excluding hydrogens is 308 g/mol. The SMILES string of the molecule is COC(=O)c1cc(N)cc(Cl)c1NC(C)Cc1cccs1. The first-order valence-electron chi connectivity index (χ1n) is 6.47. The van der Waals surface area contributed by atoms with Gasteiger partial charge in [0, 0.05) is 23.0 Å². The summed E-state index contributed by atoms with van der Waals surface area (Å²) in [5, 5.41) is 5.73. The number of anilines is 2. The third kappa shape index (κ3) is 3.89. The van der Waals surface area contributed by atoms with Crippen LogP contribution in [0.15, 0.2) is 29.6 Å². The van der Waals surface area contributed by atoms with Gasteiger partial charge in [0.05, 0.1) is 23.4 Å². The highest BCUT2D eigenvalue weighted by Crippen LogP contribution is 2.30. The van der Waals surface area contributed by atoms with E-state index in [9.17, 15) is 4.79 Å². The van der Waals surface area contributed by atoms with Crippen LogP contribution in [0.3, 0.4) is 0 Å². The van der Waals surface area contributed by atoms with E-state index in [-0.39, 0.29) is 6.04 Å². The van der Waals surface area contributed by atoms with E-state index in [1.54, 1.807) is 23.5 Å². The molecule has 0 amide bonds. The van der Waals surface area contributed by atoms with Crippen molar-refractivity contribution in [2.75, 3.05) is 18.2 Å². The summed E-state index contributed by atoms with van der Waals surface area (Å²) in [6, 6.07) is 7.40. The minimum atomic E-state index is -0.463. The molecule has 112 valence electrons. The highest BCUT2D eigenvalue weighted by molar-refractivity contribution is 7.09. The molecule has 0 aliphatic rings. The van der Waals surface area contributed by atoms with Crippen LogP contribution >= 0.6 is 22.9 Å². The van der Waals surface area contributed by atoms with Crippen LogP contribution in [0.25, 0.3) is 0 Å². The summed E-state index contributed by atoms with van der Waals surface area (Å²) in [5.74, 6) is -0.463. The van der Waals surface area contributed by atoms with E-state index in [4.69, 9.17) is 22.1 Å². The number of halogens is 1. The number of carbonyl (C=O) groups excluding carboxylic acids is 1. The van der Waals surface area contributed by atoms with Gasteiger partial charge in [-0.05, 0) is 30.5 Å². The summed E-state index contributed by atoms with van der Waals surface area (Å²) in [4.78, 5) is 13.1. The molecule has 0 saturated carbocycles. The predicted octanol–water partition coefficient (Wildman–Crippen LogP) is 3.81. The van der Waals surface area contributed by atoms with Gasteiger partial charge in [-0.1, -0.05) is 17.7 Å². The molecule has 4 nitrogen and oxygen atoms in total. The van der Waals surface area contributed by atoms with E-state index in [2.05, 4.69) is 11.4 Å². The van der Waals surface area contributed by atoms with E-state index in [0.717, 1.165) is 6.42 Å². The Morgan fingerprint density at radius 3 is 2.90 bits per heavy atom. The fourth-order valence-corrected chi connectivity index (χ4v) is 3.19. The number of thiophene rings is 1. The highest BCUT2D eigenvalue weighted by atomic mass is 35.5. The van der Waals surface area contributed by atoms with Crippen molar-refractivity contribution in [3.63, 3.8) is 0 Å². The number of hydrogen-bond acceptors (Lipinski definition) is 5. The Balaban J connectivity index is 2.23. The molecule has 0 saturated heterocycles. The molecule has 1 aromatic carbocycles. The average molecular weight is 325 g/mol. The van der Waals surface area contributed by atoms with Gasteiger partial charge in [0.15, 0.2) is 0 Å². The Morgan fingerprint density at radius 2 is 2.29 bits per heavy atom. The quantitative estimate of drug-likeness (QED) is 0.648. The monoisotopic (exact) mass is 324 g/mol. The molecule has 2 aromatic rings. The van der Waals surface area contributed by atoms with Crippen molar-refractivity contribution in [1.29, 1.82) is 0 Å². The van der Waals surface area contributed by atoms with Crippen molar-refractivity contribution < 1.29 is 9.53 Å². The van der Waals surface area contributed by atoms with Crippen LogP contribution in [-0.4, -0.2) is 19.1 Å². The normalized spacial score (nSPS) is 12.0. The van der Waals surface area contributed by atoms with Crippen molar-refractivity contribution in [2.24, 2.45) is 0 Å². The summed E-state index contributed by atoms with van der Waals surface area (Å²) in [5.41, 5.74) is 7.08. The molecule has 0 radical (unpaired) electrons. The minimum absolute atomic E-state index is 0.119. The second kappa shape index (κ2) is 6.83. The lowest BCUT2D eigenvalue weighted by Crippen LogP contribution is -2.20. The summed E-state index contributed by atoms with van der Waals surface area (Å²) < 4.78 is 4.78. The van der Waals surface area contributed by atoms with Crippen molar-refractivity contribution in [3.05, 3.63) is 45.1 Å². The van der Waals surface area contributed by atoms with Crippen LogP contribution < -0.4 is 11.1 Å². The number of nitrogens with one attached hydrogen (secondary N) is 1. The van der Waals surface area contributed by atoms with E-state index in [1.807, 2.05) is 18.4 Å². The van der Waals surface area contributed by atoms with Crippen molar-refractivity contribution >= 4 is 40.3 Å². The van der Waals surface area contributed by atoms with Gasteiger partial charge in [-0.2, -0.15) is 0 Å². The molecule has 0 spiro atoms. The maximum Gasteiger partial charge on any atom is 0.340 e. The first-order chi connectivity index (χ1) is 10.0. The van der Waals surface area contributed by atoms with Crippen LogP contribution in [0, 0.1) is 0 Å². The predicted molar refractivity (Wildman–Crippen MR) is 88.3 cm³/mol. The lowest BCUT2D eigenvalue weighted by molar-refractivity contribution is 0.0602. The zero-order valence-electron chi connectivity index (χ0n) is 11.9. The first-order valence-corrected chi connectivity index (χ1v) is 7.73. The standard InChI is InChI=1S/C15H17ClN2O2S/c1-9(6-11-4-3-5-21-11)18-14-12(15(19)20-2)7-10(17)8-13(14)16/h3-5,7-9,18H,6,17H2,1-2H3. The Labute approximate surface area is 132 Å². The number of nitrogen functional groups attached to an aromatic ring is 1. The molecule has 21 heavy (non-hydrogen) atoms. The van der Waals surface area contributed by atoms with Crippen LogP contribution in [0.2, 0.25) is 5.02 Å². The Kier molecular flexibility index (Phi) is 5.09. The molecule has 1 atom stereocenters. The topological polar surface area (TPSA) is 64.3 Å². The lowest BCUT2D eigenvalue weighted by Gasteiger charge is -2.18. The van der Waals surface area contributed by atoms with Gasteiger partial charge >= 0.3 is 5.97 Å². The maximum absolute atomic E-state index is 11.9. The van der Waals surface area contributed by atoms with Gasteiger partial charge in [-0.25, -0.2) is 4.79 Å². The Hall–Kier alpha value is -1.72. The van der Waals surface area contributed by atoms with Crippen molar-refractivity contribution in [3.8, 4) is 0 Å². The fourth-order valence-electron chi connectivity index (χ4n) is 2.07. The fraction of sp³-hybridized carbons (Fsp3) is 0.267. The third-order valence-electron chi connectivity index (χ3n) is 3.00. The largest absolute Gasteiger partial charge is 0.465 e. The number of nitrogens with two attached hydrogens (primary N) is 1. The summed E-state index contributed by atoms with van der Waals surface area (Å²) >= 11 is 7.91. The number of methoxy groups -OCH3 is 1. The van der Waals surface area contributed by atoms with Gasteiger partial charge in [-0.3, -0.25) is 0 Å². The molecule has 3 N–H and O–H groups in total. The summed E-state index contributed by atoms with van der Waals surface area (Å²) in [6.07, 6.45) is 0.846. The van der Waals surface area contributed by atoms with Crippen LogP contribution in [-0.2, 0) is 11.2 Å². The number of benzene rings is 1. The van der Waals surface area contributed by atoms with Gasteiger partial charge in [0.25, 0.3) is 0 Å². The molecule has 0 fully saturated rings. The molecule has 1 unspecified atom stereocenters. The number of esters is 1. The molecule has 0 aliphatic carbocycles. The minimum Gasteiger partial charge on any atom is -0.465 e. The lowest BCUT2D eigenvalue weighted by atomic mass is 10.1. The smallest absolute Gasteiger partial charge is 0.340 e. The number of rotatable bonds is 5. The average Bonchev–Trinajstić information content (AvgIpc) is 2.93. The maximum atomic E-state index is 11.9. The van der Waals surface area contributed by atoms with Crippen LogP contribution in [0.5, 0.6) is 0 Å². The molecule has 2 rings (SSSR count). The van der Waals surface area contributed by atoms with E-state index < -0.39 is 5.97 Å². The van der Waals surface area contributed by atoms with E-state index >= 15 is 0 Å². The van der Waals surface area contributed by atoms with Crippen molar-refractivity contribution in [2.45, 2.75) is 19.4 Å². The molecule has 6 heteroatoms. The van der Waals surface area contributed by atoms with E-state index in [1.165, 1.54) is 12.0 Å². The second-order valence-corrected chi connectivity index (χ2v) is 6.19. The molecule has 1 heterocycles. The second-order valence-electron chi connectivity index (χ2n) is 4.75. The highest BCUT2D eigenvalue weighted by Gasteiger charge is 2.18. The van der Waals surface area contributed by atoms with Gasteiger partial charge < -0.3 is 15.8 Å². The van der Waals surface area contributed by atoms with Crippen LogP contribution in [0.1, 0.15) is 22.2 Å². The molecule has 0 aliphatic heterocycles. The van der Waals surface area contributed by atoms with Crippen molar-refractivity contribution in [1.82, 2.24) is 0 Å². The Bertz CT molecular complexity index is 629. The zero-order valence-corrected chi connectivity index (χ0v) is 13.4. The summed E-state index contributed by atoms with van der Waals surface area (Å²) in [6.45, 7) is 2.04.